The van der Waals surface area contributed by atoms with E-state index in [1.54, 1.807) is 5.57 Å². The number of hydrogen-bond acceptors (Lipinski definition) is 2. The molecule has 0 atom stereocenters. The Hall–Kier alpha value is -0.990. The zero-order valence-electron chi connectivity index (χ0n) is 18.2. The van der Waals surface area contributed by atoms with Gasteiger partial charge in [-0.25, -0.2) is 0 Å². The fourth-order valence-corrected chi connectivity index (χ4v) is 5.27. The molecule has 27 heavy (non-hydrogen) atoms. The Morgan fingerprint density at radius 1 is 0.963 bits per heavy atom. The highest BCUT2D eigenvalue weighted by molar-refractivity contribution is 5.85. The first-order chi connectivity index (χ1) is 12.2. The van der Waals surface area contributed by atoms with Crippen LogP contribution < -0.4 is 4.90 Å². The monoisotopic (exact) mass is 390 g/mol. The summed E-state index contributed by atoms with van der Waals surface area (Å²) < 4.78 is 0. The van der Waals surface area contributed by atoms with Crippen molar-refractivity contribution < 1.29 is 0 Å². The third-order valence-electron chi connectivity index (χ3n) is 5.75. The molecule has 0 amide bonds. The minimum atomic E-state index is 0. The van der Waals surface area contributed by atoms with Crippen LogP contribution >= 0.6 is 12.4 Å². The van der Waals surface area contributed by atoms with Crippen molar-refractivity contribution in [2.45, 2.75) is 54.4 Å². The number of piperazine rings is 1. The first kappa shape index (κ1) is 22.3. The smallest absolute Gasteiger partial charge is 0.0443 e. The Balaban J connectivity index is 0.00000261. The van der Waals surface area contributed by atoms with Crippen LogP contribution in [0.3, 0.4) is 0 Å². The predicted octanol–water partition coefficient (Wildman–Crippen LogP) is 6.12. The van der Waals surface area contributed by atoms with Gasteiger partial charge in [0.05, 0.1) is 0 Å². The van der Waals surface area contributed by atoms with Gasteiger partial charge in [0, 0.05) is 44.0 Å². The molecule has 1 saturated heterocycles. The standard InChI is InChI=1S/C24H38N2.ClH/c1-19(2)17-25-11-13-26(14-12-25)22-10-8-7-9-21(22)20-15-23(3,4)18-24(5,6)16-20;/h7-10,15,19H,11-14,16-18H2,1-6H3;1H. The van der Waals surface area contributed by atoms with Crippen LogP contribution in [-0.2, 0) is 0 Å². The maximum atomic E-state index is 2.62. The average molecular weight is 391 g/mol. The molecule has 0 N–H and O–H groups in total. The number of rotatable bonds is 4. The summed E-state index contributed by atoms with van der Waals surface area (Å²) in [6.45, 7) is 20.1. The van der Waals surface area contributed by atoms with Gasteiger partial charge in [0.2, 0.25) is 0 Å². The lowest BCUT2D eigenvalue weighted by molar-refractivity contribution is 0.228. The van der Waals surface area contributed by atoms with Crippen molar-refractivity contribution in [3.63, 3.8) is 0 Å². The second-order valence-electron chi connectivity index (χ2n) is 10.4. The summed E-state index contributed by atoms with van der Waals surface area (Å²) in [6, 6.07) is 9.10. The molecular weight excluding hydrogens is 352 g/mol. The van der Waals surface area contributed by atoms with Gasteiger partial charge in [0.1, 0.15) is 0 Å². The highest BCUT2D eigenvalue weighted by Gasteiger charge is 2.34. The minimum absolute atomic E-state index is 0. The molecule has 2 aliphatic rings. The molecule has 0 saturated carbocycles. The van der Waals surface area contributed by atoms with Gasteiger partial charge in [-0.15, -0.1) is 12.4 Å². The van der Waals surface area contributed by atoms with E-state index in [4.69, 9.17) is 0 Å². The Bertz CT molecular complexity index is 652. The summed E-state index contributed by atoms with van der Waals surface area (Å²) in [7, 11) is 0. The van der Waals surface area contributed by atoms with Crippen molar-refractivity contribution in [2.24, 2.45) is 16.7 Å². The van der Waals surface area contributed by atoms with Crippen LogP contribution in [0.4, 0.5) is 5.69 Å². The first-order valence-electron chi connectivity index (χ1n) is 10.4. The molecule has 0 aromatic heterocycles. The van der Waals surface area contributed by atoms with E-state index in [2.05, 4.69) is 81.7 Å². The second-order valence-corrected chi connectivity index (χ2v) is 10.4. The number of halogens is 1. The maximum Gasteiger partial charge on any atom is 0.0443 e. The summed E-state index contributed by atoms with van der Waals surface area (Å²) in [4.78, 5) is 5.23. The third kappa shape index (κ3) is 5.74. The first-order valence-corrected chi connectivity index (χ1v) is 10.4. The van der Waals surface area contributed by atoms with Crippen LogP contribution in [0.25, 0.3) is 5.57 Å². The molecule has 3 heteroatoms. The summed E-state index contributed by atoms with van der Waals surface area (Å²) in [6.07, 6.45) is 4.99. The number of anilines is 1. The Kier molecular flexibility index (Phi) is 7.08. The van der Waals surface area contributed by atoms with Crippen LogP contribution in [-0.4, -0.2) is 37.6 Å². The fourth-order valence-electron chi connectivity index (χ4n) is 5.27. The van der Waals surface area contributed by atoms with Gasteiger partial charge < -0.3 is 4.90 Å². The molecule has 1 aliphatic heterocycles. The van der Waals surface area contributed by atoms with Crippen LogP contribution in [0.15, 0.2) is 30.3 Å². The Labute approximate surface area is 173 Å². The van der Waals surface area contributed by atoms with Crippen molar-refractivity contribution in [3.05, 3.63) is 35.9 Å². The van der Waals surface area contributed by atoms with Crippen molar-refractivity contribution in [1.29, 1.82) is 0 Å². The molecule has 0 unspecified atom stereocenters. The van der Waals surface area contributed by atoms with E-state index in [1.807, 2.05) is 0 Å². The summed E-state index contributed by atoms with van der Waals surface area (Å²) in [5.41, 5.74) is 5.10. The van der Waals surface area contributed by atoms with Gasteiger partial charge >= 0.3 is 0 Å². The Morgan fingerprint density at radius 3 is 2.19 bits per heavy atom. The molecular formula is C24H39ClN2. The molecule has 1 aromatic rings. The van der Waals surface area contributed by atoms with Crippen molar-refractivity contribution >= 4 is 23.7 Å². The minimum Gasteiger partial charge on any atom is -0.368 e. The molecule has 152 valence electrons. The number of hydrogen-bond donors (Lipinski definition) is 0. The van der Waals surface area contributed by atoms with Gasteiger partial charge in [-0.2, -0.15) is 0 Å². The van der Waals surface area contributed by atoms with Crippen LogP contribution in [0.1, 0.15) is 59.9 Å². The normalized spacial score (nSPS) is 22.3. The molecule has 2 nitrogen and oxygen atoms in total. The van der Waals surface area contributed by atoms with E-state index in [0.717, 1.165) is 19.0 Å². The lowest BCUT2D eigenvalue weighted by atomic mass is 9.65. The van der Waals surface area contributed by atoms with Crippen LogP contribution in [0.2, 0.25) is 0 Å². The lowest BCUT2D eigenvalue weighted by Gasteiger charge is -2.41. The third-order valence-corrected chi connectivity index (χ3v) is 5.75. The number of para-hydroxylation sites is 1. The largest absolute Gasteiger partial charge is 0.368 e. The van der Waals surface area contributed by atoms with E-state index in [0.29, 0.717) is 5.41 Å². The average Bonchev–Trinajstić information content (AvgIpc) is 2.52. The molecule has 1 heterocycles. The molecule has 0 spiro atoms. The fraction of sp³-hybridized carbons (Fsp3) is 0.667. The molecule has 1 aromatic carbocycles. The van der Waals surface area contributed by atoms with Gasteiger partial charge in [0.15, 0.2) is 0 Å². The van der Waals surface area contributed by atoms with Gasteiger partial charge in [-0.05, 0) is 41.2 Å². The van der Waals surface area contributed by atoms with E-state index in [-0.39, 0.29) is 17.8 Å². The van der Waals surface area contributed by atoms with Crippen molar-refractivity contribution in [2.75, 3.05) is 37.6 Å². The maximum absolute atomic E-state index is 2.62. The molecule has 0 bridgehead atoms. The summed E-state index contributed by atoms with van der Waals surface area (Å²) >= 11 is 0. The van der Waals surface area contributed by atoms with Crippen LogP contribution in [0, 0.1) is 16.7 Å². The SMILES string of the molecule is CC(C)CN1CCN(c2ccccc2C2=CC(C)(C)CC(C)(C)C2)CC1.Cl. The Morgan fingerprint density at radius 2 is 1.59 bits per heavy atom. The number of benzene rings is 1. The van der Waals surface area contributed by atoms with Crippen LogP contribution in [0.5, 0.6) is 0 Å². The van der Waals surface area contributed by atoms with Gasteiger partial charge in [-0.3, -0.25) is 4.90 Å². The summed E-state index contributed by atoms with van der Waals surface area (Å²) in [5, 5.41) is 0. The van der Waals surface area contributed by atoms with Crippen molar-refractivity contribution in [3.8, 4) is 0 Å². The number of allylic oxidation sites excluding steroid dienone is 2. The van der Waals surface area contributed by atoms with E-state index >= 15 is 0 Å². The highest BCUT2D eigenvalue weighted by Crippen LogP contribution is 2.48. The topological polar surface area (TPSA) is 6.48 Å². The van der Waals surface area contributed by atoms with Crippen molar-refractivity contribution in [1.82, 2.24) is 4.90 Å². The molecule has 3 rings (SSSR count). The highest BCUT2D eigenvalue weighted by atomic mass is 35.5. The van der Waals surface area contributed by atoms with E-state index < -0.39 is 0 Å². The van der Waals surface area contributed by atoms with Gasteiger partial charge in [0.25, 0.3) is 0 Å². The zero-order chi connectivity index (χ0) is 18.9. The molecule has 1 fully saturated rings. The van der Waals surface area contributed by atoms with E-state index in [1.165, 1.54) is 43.7 Å². The van der Waals surface area contributed by atoms with Gasteiger partial charge in [-0.1, -0.05) is 65.8 Å². The second kappa shape index (κ2) is 8.57. The zero-order valence-corrected chi connectivity index (χ0v) is 19.0. The van der Waals surface area contributed by atoms with E-state index in [9.17, 15) is 0 Å². The molecule has 1 aliphatic carbocycles. The summed E-state index contributed by atoms with van der Waals surface area (Å²) in [5.74, 6) is 0.755. The number of nitrogens with zero attached hydrogens (tertiary/aromatic N) is 2. The quantitative estimate of drug-likeness (QED) is 0.611. The lowest BCUT2D eigenvalue weighted by Crippen LogP contribution is -2.47. The predicted molar refractivity (Wildman–Crippen MR) is 122 cm³/mol. The molecule has 0 radical (unpaired) electrons.